The summed E-state index contributed by atoms with van der Waals surface area (Å²) in [5, 5.41) is 17.2. The van der Waals surface area contributed by atoms with Gasteiger partial charge in [0.2, 0.25) is 0 Å². The molecule has 0 aromatic heterocycles. The molecule has 8 heavy (non-hydrogen) atoms. The molecule has 0 spiro atoms. The summed E-state index contributed by atoms with van der Waals surface area (Å²) in [6, 6.07) is 0. The zero-order valence-electron chi connectivity index (χ0n) is 4.11. The van der Waals surface area contributed by atoms with Gasteiger partial charge in [-0.15, -0.1) is 0 Å². The predicted molar refractivity (Wildman–Crippen MR) is 26.9 cm³/mol. The minimum absolute atomic E-state index is 0.160. The number of rotatable bonds is 0. The van der Waals surface area contributed by atoms with Crippen molar-refractivity contribution in [2.24, 2.45) is 0 Å². The topological polar surface area (TPSA) is 49.7 Å². The van der Waals surface area contributed by atoms with Gasteiger partial charge >= 0.3 is 0 Å². The summed E-state index contributed by atoms with van der Waals surface area (Å²) in [7, 11) is 0. The maximum Gasteiger partial charge on any atom is 0.255 e. The molecule has 0 saturated heterocycles. The largest absolute Gasteiger partial charge is 0.506 e. The van der Waals surface area contributed by atoms with Crippen LogP contribution >= 0.6 is 0 Å². The van der Waals surface area contributed by atoms with Crippen LogP contribution in [0.1, 0.15) is 0 Å². The number of aliphatic hydroxyl groups excluding tert-OH is 2. The zero-order valence-corrected chi connectivity index (χ0v) is 4.11. The summed E-state index contributed by atoms with van der Waals surface area (Å²) < 4.78 is 4.45. The van der Waals surface area contributed by atoms with E-state index in [0.29, 0.717) is 0 Å². The molecular formula is C5H6O3. The van der Waals surface area contributed by atoms with E-state index in [2.05, 4.69) is 4.74 Å². The van der Waals surface area contributed by atoms with Gasteiger partial charge in [-0.05, 0) is 12.2 Å². The molecule has 0 aromatic carbocycles. The molecule has 1 rings (SSSR count). The molecule has 1 unspecified atom stereocenters. The quantitative estimate of drug-likeness (QED) is 0.476. The lowest BCUT2D eigenvalue weighted by Crippen LogP contribution is -2.13. The maximum atomic E-state index is 8.61. The van der Waals surface area contributed by atoms with Gasteiger partial charge in [-0.1, -0.05) is 0 Å². The Labute approximate surface area is 46.5 Å². The number of ether oxygens (including phenoxy) is 1. The van der Waals surface area contributed by atoms with Crippen LogP contribution in [0.2, 0.25) is 0 Å². The zero-order chi connectivity index (χ0) is 5.98. The van der Waals surface area contributed by atoms with E-state index in [1.54, 1.807) is 0 Å². The van der Waals surface area contributed by atoms with Crippen molar-refractivity contribution >= 4 is 0 Å². The fourth-order valence-electron chi connectivity index (χ4n) is 0.410. The van der Waals surface area contributed by atoms with E-state index in [1.165, 1.54) is 18.4 Å². The molecular weight excluding hydrogens is 108 g/mol. The number of hydrogen-bond donors (Lipinski definition) is 2. The first-order valence-corrected chi connectivity index (χ1v) is 2.20. The molecule has 3 nitrogen and oxygen atoms in total. The molecule has 2 N–H and O–H groups in total. The number of aliphatic hydroxyl groups is 2. The Balaban J connectivity index is 2.66. The molecule has 0 aliphatic carbocycles. The van der Waals surface area contributed by atoms with Crippen molar-refractivity contribution in [1.82, 2.24) is 0 Å². The molecule has 1 heterocycles. The van der Waals surface area contributed by atoms with Crippen LogP contribution in [0.5, 0.6) is 0 Å². The van der Waals surface area contributed by atoms with E-state index in [1.807, 2.05) is 0 Å². The van der Waals surface area contributed by atoms with Gasteiger partial charge in [-0.3, -0.25) is 0 Å². The Hall–Kier alpha value is -0.960. The van der Waals surface area contributed by atoms with E-state index in [0.717, 1.165) is 0 Å². The lowest BCUT2D eigenvalue weighted by molar-refractivity contribution is -0.0506. The van der Waals surface area contributed by atoms with Crippen LogP contribution < -0.4 is 0 Å². The second kappa shape index (κ2) is 1.88. The van der Waals surface area contributed by atoms with Gasteiger partial charge in [0, 0.05) is 0 Å². The summed E-state index contributed by atoms with van der Waals surface area (Å²) in [6.07, 6.45) is 3.01. The van der Waals surface area contributed by atoms with Crippen LogP contribution in [0.3, 0.4) is 0 Å². The van der Waals surface area contributed by atoms with Crippen LogP contribution in [0.15, 0.2) is 24.2 Å². The van der Waals surface area contributed by atoms with Gasteiger partial charge in [0.25, 0.3) is 6.29 Å². The Morgan fingerprint density at radius 3 is 2.75 bits per heavy atom. The fourth-order valence-corrected chi connectivity index (χ4v) is 0.410. The molecule has 0 fully saturated rings. The smallest absolute Gasteiger partial charge is 0.255 e. The minimum atomic E-state index is -1.17. The van der Waals surface area contributed by atoms with Crippen molar-refractivity contribution in [3.8, 4) is 0 Å². The highest BCUT2D eigenvalue weighted by molar-refractivity contribution is 5.10. The highest BCUT2D eigenvalue weighted by Crippen LogP contribution is 2.05. The number of allylic oxidation sites excluding steroid dienone is 2. The third kappa shape index (κ3) is 0.816. The third-order valence-electron chi connectivity index (χ3n) is 0.806. The average molecular weight is 114 g/mol. The Morgan fingerprint density at radius 1 is 1.62 bits per heavy atom. The van der Waals surface area contributed by atoms with Crippen molar-refractivity contribution in [3.05, 3.63) is 24.2 Å². The maximum absolute atomic E-state index is 8.61. The van der Waals surface area contributed by atoms with Crippen molar-refractivity contribution < 1.29 is 14.9 Å². The summed E-state index contributed by atoms with van der Waals surface area (Å²) >= 11 is 0. The molecule has 0 aromatic rings. The first-order chi connectivity index (χ1) is 3.80. The van der Waals surface area contributed by atoms with Crippen LogP contribution in [0.25, 0.3) is 0 Å². The summed E-state index contributed by atoms with van der Waals surface area (Å²) in [5.41, 5.74) is 0. The van der Waals surface area contributed by atoms with E-state index < -0.39 is 6.29 Å². The van der Waals surface area contributed by atoms with Crippen LogP contribution in [0.4, 0.5) is 0 Å². The SMILES string of the molecule is OC1=CC=COC1O. The van der Waals surface area contributed by atoms with Gasteiger partial charge in [-0.25, -0.2) is 0 Å². The van der Waals surface area contributed by atoms with Gasteiger partial charge in [0.1, 0.15) is 0 Å². The standard InChI is InChI=1S/C5H6O3/c6-4-2-1-3-8-5(4)7/h1-3,5-7H. The van der Waals surface area contributed by atoms with Crippen molar-refractivity contribution in [2.75, 3.05) is 0 Å². The van der Waals surface area contributed by atoms with Crippen molar-refractivity contribution in [3.63, 3.8) is 0 Å². The van der Waals surface area contributed by atoms with E-state index in [-0.39, 0.29) is 5.76 Å². The molecule has 1 atom stereocenters. The van der Waals surface area contributed by atoms with E-state index in [9.17, 15) is 0 Å². The lowest BCUT2D eigenvalue weighted by atomic mass is 10.4. The van der Waals surface area contributed by atoms with E-state index >= 15 is 0 Å². The molecule has 0 amide bonds. The van der Waals surface area contributed by atoms with Gasteiger partial charge < -0.3 is 14.9 Å². The molecule has 1 aliphatic rings. The predicted octanol–water partition coefficient (Wildman–Crippen LogP) is 0.291. The van der Waals surface area contributed by atoms with Crippen LogP contribution in [-0.2, 0) is 4.74 Å². The highest BCUT2D eigenvalue weighted by atomic mass is 16.6. The molecule has 3 heteroatoms. The molecule has 44 valence electrons. The highest BCUT2D eigenvalue weighted by Gasteiger charge is 2.08. The van der Waals surface area contributed by atoms with E-state index in [4.69, 9.17) is 10.2 Å². The normalized spacial score (nSPS) is 26.6. The lowest BCUT2D eigenvalue weighted by Gasteiger charge is -2.10. The number of hydrogen-bond acceptors (Lipinski definition) is 3. The van der Waals surface area contributed by atoms with Gasteiger partial charge in [0.15, 0.2) is 5.76 Å². The van der Waals surface area contributed by atoms with Crippen LogP contribution in [-0.4, -0.2) is 16.5 Å². The summed E-state index contributed by atoms with van der Waals surface area (Å²) in [5.74, 6) is -0.160. The van der Waals surface area contributed by atoms with Crippen molar-refractivity contribution in [1.29, 1.82) is 0 Å². The molecule has 0 bridgehead atoms. The summed E-state index contributed by atoms with van der Waals surface area (Å²) in [6.45, 7) is 0. The van der Waals surface area contributed by atoms with Crippen molar-refractivity contribution in [2.45, 2.75) is 6.29 Å². The Kier molecular flexibility index (Phi) is 1.22. The Morgan fingerprint density at radius 2 is 2.38 bits per heavy atom. The monoisotopic (exact) mass is 114 g/mol. The molecule has 0 saturated carbocycles. The second-order valence-electron chi connectivity index (χ2n) is 1.41. The average Bonchev–Trinajstić information content (AvgIpc) is 1.77. The molecule has 0 radical (unpaired) electrons. The second-order valence-corrected chi connectivity index (χ2v) is 1.41. The first kappa shape index (κ1) is 5.18. The third-order valence-corrected chi connectivity index (χ3v) is 0.806. The van der Waals surface area contributed by atoms with Gasteiger partial charge in [-0.2, -0.15) is 0 Å². The van der Waals surface area contributed by atoms with Gasteiger partial charge in [0.05, 0.1) is 6.26 Å². The Bertz CT molecular complexity index is 137. The summed E-state index contributed by atoms with van der Waals surface area (Å²) in [4.78, 5) is 0. The first-order valence-electron chi connectivity index (χ1n) is 2.20. The fraction of sp³-hybridized carbons (Fsp3) is 0.200. The van der Waals surface area contributed by atoms with Crippen LogP contribution in [0, 0.1) is 0 Å². The molecule has 1 aliphatic heterocycles. The minimum Gasteiger partial charge on any atom is -0.506 e.